The number of hydrazone groups is 1. The molecule has 1 unspecified atom stereocenters. The van der Waals surface area contributed by atoms with E-state index in [0.717, 1.165) is 17.6 Å². The third kappa shape index (κ3) is 2.72. The Kier molecular flexibility index (Phi) is 3.98. The van der Waals surface area contributed by atoms with E-state index in [0.29, 0.717) is 16.0 Å². The largest absolute Gasteiger partial charge is 0.341 e. The van der Waals surface area contributed by atoms with Crippen molar-refractivity contribution in [1.82, 2.24) is 4.57 Å². The number of ketones is 1. The van der Waals surface area contributed by atoms with Crippen molar-refractivity contribution in [2.75, 3.05) is 5.43 Å². The number of hydrogen-bond donors (Lipinski definition) is 1. The van der Waals surface area contributed by atoms with Crippen molar-refractivity contribution in [1.29, 1.82) is 0 Å². The lowest BCUT2D eigenvalue weighted by molar-refractivity contribution is -0.496. The molecule has 6 heteroatoms. The minimum absolute atomic E-state index is 0.233. The number of benzene rings is 2. The molecule has 5 rings (SSSR count). The van der Waals surface area contributed by atoms with E-state index in [1.807, 2.05) is 12.1 Å². The highest BCUT2D eigenvalue weighted by Gasteiger charge is 2.40. The molecule has 1 aliphatic heterocycles. The molecular formula is C23H19N4O2+. The lowest BCUT2D eigenvalue weighted by Gasteiger charge is -2.15. The van der Waals surface area contributed by atoms with E-state index in [1.54, 1.807) is 18.2 Å². The van der Waals surface area contributed by atoms with Crippen LogP contribution < -0.4 is 5.43 Å². The van der Waals surface area contributed by atoms with Gasteiger partial charge in [-0.15, -0.1) is 0 Å². The van der Waals surface area contributed by atoms with Gasteiger partial charge in [0.2, 0.25) is 12.0 Å². The zero-order chi connectivity index (χ0) is 20.0. The molecule has 1 aliphatic carbocycles. The average molecular weight is 383 g/mol. The van der Waals surface area contributed by atoms with Gasteiger partial charge in [-0.2, -0.15) is 5.10 Å². The molecule has 0 bridgehead atoms. The van der Waals surface area contributed by atoms with Crippen molar-refractivity contribution in [2.24, 2.45) is 5.10 Å². The number of hydrogen-bond acceptors (Lipinski definition) is 4. The first kappa shape index (κ1) is 17.3. The van der Waals surface area contributed by atoms with Crippen molar-refractivity contribution in [2.45, 2.75) is 19.5 Å². The maximum atomic E-state index is 12.1. The highest BCUT2D eigenvalue weighted by molar-refractivity contribution is 6.16. The monoisotopic (exact) mass is 383 g/mol. The van der Waals surface area contributed by atoms with Crippen molar-refractivity contribution in [3.63, 3.8) is 0 Å². The summed E-state index contributed by atoms with van der Waals surface area (Å²) < 4.78 is 2.96. The van der Waals surface area contributed by atoms with Crippen LogP contribution in [0, 0.1) is 4.91 Å². The summed E-state index contributed by atoms with van der Waals surface area (Å²) in [5, 5.41) is 6.83. The number of carbonyl (C=O) groups excluding carboxylic acids is 1. The molecule has 3 aromatic rings. The number of anilines is 1. The van der Waals surface area contributed by atoms with Crippen LogP contribution in [0.3, 0.4) is 0 Å². The molecule has 0 spiro atoms. The number of fused-ring (bicyclic) bond motifs is 4. The Hall–Kier alpha value is -3.80. The maximum Gasteiger partial charge on any atom is 0.295 e. The minimum Gasteiger partial charge on any atom is -0.341 e. The molecular weight excluding hydrogens is 364 g/mol. The van der Waals surface area contributed by atoms with Crippen molar-refractivity contribution in [3.8, 4) is 0 Å². The second kappa shape index (κ2) is 6.67. The van der Waals surface area contributed by atoms with E-state index in [-0.39, 0.29) is 5.78 Å². The van der Waals surface area contributed by atoms with Crippen LogP contribution >= 0.6 is 0 Å². The third-order valence-corrected chi connectivity index (χ3v) is 5.42. The lowest BCUT2D eigenvalue weighted by Crippen LogP contribution is -2.37. The van der Waals surface area contributed by atoms with E-state index in [4.69, 9.17) is 0 Å². The van der Waals surface area contributed by atoms with Crippen LogP contribution in [-0.2, 0) is 11.3 Å². The van der Waals surface area contributed by atoms with Crippen LogP contribution in [0.5, 0.6) is 0 Å². The SMILES string of the molecule is CCn1c2ccccc2c2cc(N/N=C3\C=C[N+](=O)C4C(=O)C=CC=C34)ccc21. The first-order valence-corrected chi connectivity index (χ1v) is 9.58. The minimum atomic E-state index is -0.851. The average Bonchev–Trinajstić information content (AvgIpc) is 3.06. The van der Waals surface area contributed by atoms with Gasteiger partial charge in [0.05, 0.1) is 17.0 Å². The zero-order valence-electron chi connectivity index (χ0n) is 15.9. The van der Waals surface area contributed by atoms with Gasteiger partial charge < -0.3 is 4.57 Å². The smallest absolute Gasteiger partial charge is 0.295 e. The summed E-state index contributed by atoms with van der Waals surface area (Å²) in [5.41, 5.74) is 7.50. The maximum absolute atomic E-state index is 12.1. The fraction of sp³-hybridized carbons (Fsp3) is 0.130. The molecule has 1 atom stereocenters. The second-order valence-corrected chi connectivity index (χ2v) is 7.06. The van der Waals surface area contributed by atoms with Gasteiger partial charge in [0.1, 0.15) is 0 Å². The molecule has 6 nitrogen and oxygen atoms in total. The van der Waals surface area contributed by atoms with Crippen LogP contribution in [0.15, 0.2) is 83.6 Å². The van der Waals surface area contributed by atoms with E-state index in [2.05, 4.69) is 52.3 Å². The van der Waals surface area contributed by atoms with Gasteiger partial charge in [-0.25, -0.2) is 0 Å². The Labute approximate surface area is 167 Å². The fourth-order valence-corrected chi connectivity index (χ4v) is 4.09. The number of para-hydroxylation sites is 1. The van der Waals surface area contributed by atoms with Crippen molar-refractivity contribution >= 4 is 39.0 Å². The van der Waals surface area contributed by atoms with Crippen LogP contribution in [0.4, 0.5) is 5.69 Å². The van der Waals surface area contributed by atoms with E-state index in [9.17, 15) is 9.70 Å². The molecule has 0 saturated heterocycles. The molecule has 0 radical (unpaired) electrons. The van der Waals surface area contributed by atoms with Crippen LogP contribution in [0.2, 0.25) is 0 Å². The summed E-state index contributed by atoms with van der Waals surface area (Å²) in [6.45, 7) is 3.04. The summed E-state index contributed by atoms with van der Waals surface area (Å²) in [5.74, 6) is -0.233. The summed E-state index contributed by atoms with van der Waals surface area (Å²) in [4.78, 5) is 24.1. The van der Waals surface area contributed by atoms with E-state index in [1.165, 1.54) is 28.7 Å². The predicted octanol–water partition coefficient (Wildman–Crippen LogP) is 4.32. The molecule has 142 valence electrons. The number of carbonyl (C=O) groups is 1. The van der Waals surface area contributed by atoms with Gasteiger partial charge in [0, 0.05) is 44.1 Å². The Balaban J connectivity index is 1.54. The normalized spacial score (nSPS) is 19.8. The Bertz CT molecular complexity index is 1310. The third-order valence-electron chi connectivity index (χ3n) is 5.42. The Morgan fingerprint density at radius 1 is 1.10 bits per heavy atom. The molecule has 0 fully saturated rings. The quantitative estimate of drug-likeness (QED) is 0.541. The van der Waals surface area contributed by atoms with Gasteiger partial charge >= 0.3 is 0 Å². The molecule has 1 aromatic heterocycles. The molecule has 0 saturated carbocycles. The summed E-state index contributed by atoms with van der Waals surface area (Å²) in [7, 11) is 0. The molecule has 2 aromatic carbocycles. The topological polar surface area (TPSA) is 66.5 Å². The van der Waals surface area contributed by atoms with Crippen molar-refractivity contribution < 1.29 is 9.55 Å². The van der Waals surface area contributed by atoms with Crippen LogP contribution in [-0.4, -0.2) is 26.9 Å². The Morgan fingerprint density at radius 2 is 1.93 bits per heavy atom. The molecule has 1 N–H and O–H groups in total. The number of nitrogens with one attached hydrogen (secondary N) is 1. The standard InChI is InChI=1S/C23H18N4O2/c1-2-26-20-8-4-3-6-16(20)18-14-15(10-11-21(18)26)24-25-19-12-13-27(29)23-17(19)7-5-9-22(23)28/h3-14,23H,2H2,1H3/p+1. The molecule has 2 heterocycles. The molecule has 2 aliphatic rings. The number of aromatic nitrogens is 1. The second-order valence-electron chi connectivity index (χ2n) is 7.06. The summed E-state index contributed by atoms with van der Waals surface area (Å²) in [6.07, 6.45) is 7.80. The van der Waals surface area contributed by atoms with Gasteiger partial charge in [-0.1, -0.05) is 24.3 Å². The van der Waals surface area contributed by atoms with E-state index < -0.39 is 6.04 Å². The summed E-state index contributed by atoms with van der Waals surface area (Å²) in [6, 6.07) is 13.7. The first-order chi connectivity index (χ1) is 14.2. The lowest BCUT2D eigenvalue weighted by atomic mass is 9.92. The highest BCUT2D eigenvalue weighted by atomic mass is 16.3. The van der Waals surface area contributed by atoms with Crippen LogP contribution in [0.25, 0.3) is 21.8 Å². The number of rotatable bonds is 3. The Morgan fingerprint density at radius 3 is 2.79 bits per heavy atom. The van der Waals surface area contributed by atoms with Gasteiger partial charge in [0.15, 0.2) is 0 Å². The summed E-state index contributed by atoms with van der Waals surface area (Å²) >= 11 is 0. The fourth-order valence-electron chi connectivity index (χ4n) is 4.09. The number of nitrogens with zero attached hydrogens (tertiary/aromatic N) is 3. The van der Waals surface area contributed by atoms with Gasteiger partial charge in [0.25, 0.3) is 6.04 Å². The van der Waals surface area contributed by atoms with E-state index >= 15 is 0 Å². The van der Waals surface area contributed by atoms with Gasteiger partial charge in [-0.3, -0.25) is 10.2 Å². The predicted molar refractivity (Wildman–Crippen MR) is 115 cm³/mol. The first-order valence-electron chi connectivity index (χ1n) is 9.58. The van der Waals surface area contributed by atoms with Crippen LogP contribution in [0.1, 0.15) is 6.92 Å². The number of nitroso groups, excluding NO2 is 1. The van der Waals surface area contributed by atoms with Gasteiger partial charge in [-0.05, 0) is 43.3 Å². The number of aryl methyl sites for hydroxylation is 1. The number of allylic oxidation sites excluding steroid dienone is 3. The highest BCUT2D eigenvalue weighted by Crippen LogP contribution is 2.31. The molecule has 29 heavy (non-hydrogen) atoms. The zero-order valence-corrected chi connectivity index (χ0v) is 15.9. The molecule has 0 amide bonds. The van der Waals surface area contributed by atoms with Crippen molar-refractivity contribution in [3.05, 3.63) is 83.4 Å².